The predicted molar refractivity (Wildman–Crippen MR) is 146 cm³/mol. The van der Waals surface area contributed by atoms with Gasteiger partial charge < -0.3 is 14.8 Å². The van der Waals surface area contributed by atoms with E-state index in [0.29, 0.717) is 44.0 Å². The fourth-order valence-electron chi connectivity index (χ4n) is 5.29. The maximum absolute atomic E-state index is 13.4. The monoisotopic (exact) mass is 531 g/mol. The average Bonchev–Trinajstić information content (AvgIpc) is 3.37. The number of benzene rings is 2. The van der Waals surface area contributed by atoms with Crippen LogP contribution in [-0.2, 0) is 21.0 Å². The Kier molecular flexibility index (Phi) is 8.70. The molecule has 2 unspecified atom stereocenters. The van der Waals surface area contributed by atoms with Crippen LogP contribution in [0.3, 0.4) is 0 Å². The number of rotatable bonds is 9. The van der Waals surface area contributed by atoms with E-state index in [-0.39, 0.29) is 30.4 Å². The Morgan fingerprint density at radius 1 is 1.00 bits per heavy atom. The van der Waals surface area contributed by atoms with Crippen molar-refractivity contribution in [3.05, 3.63) is 96.3 Å². The Morgan fingerprint density at radius 2 is 1.71 bits per heavy atom. The molecule has 3 heterocycles. The third kappa shape index (κ3) is 6.24. The van der Waals surface area contributed by atoms with Gasteiger partial charge in [-0.2, -0.15) is 0 Å². The number of pyridine rings is 1. The number of amides is 2. The van der Waals surface area contributed by atoms with Crippen molar-refractivity contribution in [3.8, 4) is 0 Å². The molecule has 0 saturated carbocycles. The van der Waals surface area contributed by atoms with Crippen molar-refractivity contribution in [1.82, 2.24) is 24.4 Å². The van der Waals surface area contributed by atoms with E-state index >= 15 is 0 Å². The minimum Gasteiger partial charge on any atom is -0.593 e. The summed E-state index contributed by atoms with van der Waals surface area (Å²) in [6, 6.07) is 24.2. The molecular formula is C29H33N5O3S. The number of hydrogen-bond acceptors (Lipinski definition) is 6. The molecule has 9 heteroatoms. The number of piperazine rings is 1. The fourth-order valence-corrected chi connectivity index (χ4v) is 6.49. The van der Waals surface area contributed by atoms with E-state index in [4.69, 9.17) is 0 Å². The molecule has 1 aromatic heterocycles. The molecule has 0 bridgehead atoms. The van der Waals surface area contributed by atoms with Gasteiger partial charge in [0.05, 0.1) is 43.2 Å². The molecule has 0 radical (unpaired) electrons. The molecule has 5 rings (SSSR count). The molecule has 8 nitrogen and oxygen atoms in total. The standard InChI is InChI=1S/C29H33N5O3S/c35-27(22-32-16-8-14-28(32)36)31-19-25-21-33(38(37)26-13-7-15-30-20-26)17-18-34(25)29(23-9-3-1-4-10-23)24-11-5-2-6-12-24/h1-7,9-13,15,20,25,29H,8,14,16-19,21-22H2,(H,31,35). The first-order valence-corrected chi connectivity index (χ1v) is 14.2. The highest BCUT2D eigenvalue weighted by molar-refractivity contribution is 7.89. The van der Waals surface area contributed by atoms with Gasteiger partial charge in [-0.15, -0.1) is 4.31 Å². The number of aromatic nitrogens is 1. The Morgan fingerprint density at radius 3 is 2.32 bits per heavy atom. The van der Waals surface area contributed by atoms with Crippen LogP contribution in [-0.4, -0.2) is 80.8 Å². The zero-order valence-corrected chi connectivity index (χ0v) is 22.1. The smallest absolute Gasteiger partial charge is 0.239 e. The molecule has 2 aliphatic rings. The van der Waals surface area contributed by atoms with E-state index in [1.807, 2.05) is 46.8 Å². The van der Waals surface area contributed by atoms with Gasteiger partial charge in [0.15, 0.2) is 4.90 Å². The Balaban J connectivity index is 1.39. The summed E-state index contributed by atoms with van der Waals surface area (Å²) in [5, 5.41) is 3.07. The lowest BCUT2D eigenvalue weighted by molar-refractivity contribution is -0.133. The van der Waals surface area contributed by atoms with Gasteiger partial charge in [0.1, 0.15) is 0 Å². The maximum atomic E-state index is 13.4. The molecule has 0 aliphatic carbocycles. The summed E-state index contributed by atoms with van der Waals surface area (Å²) in [7, 11) is 0. The Hall–Kier alpha value is -3.24. The second-order valence-electron chi connectivity index (χ2n) is 9.66. The first kappa shape index (κ1) is 26.4. The van der Waals surface area contributed by atoms with Crippen LogP contribution in [0.5, 0.6) is 0 Å². The molecular weight excluding hydrogens is 498 g/mol. The van der Waals surface area contributed by atoms with Gasteiger partial charge in [0.25, 0.3) is 0 Å². The zero-order chi connectivity index (χ0) is 26.3. The second kappa shape index (κ2) is 12.5. The molecule has 1 N–H and O–H groups in total. The maximum Gasteiger partial charge on any atom is 0.239 e. The summed E-state index contributed by atoms with van der Waals surface area (Å²) in [4.78, 5) is 33.7. The number of nitrogens with one attached hydrogen (secondary N) is 1. The normalized spacial score (nSPS) is 19.6. The topological polar surface area (TPSA) is 91.8 Å². The van der Waals surface area contributed by atoms with E-state index < -0.39 is 11.4 Å². The number of hydrogen-bond donors (Lipinski definition) is 1. The highest BCUT2D eigenvalue weighted by Gasteiger charge is 2.38. The summed E-state index contributed by atoms with van der Waals surface area (Å²) in [5.74, 6) is -0.132. The number of likely N-dealkylation sites (tertiary alicyclic amines) is 1. The van der Waals surface area contributed by atoms with E-state index in [1.165, 1.54) is 11.1 Å². The summed E-state index contributed by atoms with van der Waals surface area (Å²) < 4.78 is 15.4. The SMILES string of the molecule is O=C(CN1CCCC1=O)NCC1CN([S+]([O-])c2cccnc2)CCN1C(c1ccccc1)c1ccccc1. The van der Waals surface area contributed by atoms with Crippen molar-refractivity contribution < 1.29 is 14.1 Å². The molecule has 2 aromatic carbocycles. The van der Waals surface area contributed by atoms with Gasteiger partial charge >= 0.3 is 0 Å². The molecule has 2 atom stereocenters. The molecule has 198 valence electrons. The minimum absolute atomic E-state index is 0.0200. The van der Waals surface area contributed by atoms with Crippen LogP contribution in [0.4, 0.5) is 0 Å². The van der Waals surface area contributed by atoms with Gasteiger partial charge in [-0.3, -0.25) is 19.5 Å². The first-order chi connectivity index (χ1) is 18.6. The van der Waals surface area contributed by atoms with Crippen LogP contribution < -0.4 is 5.32 Å². The third-order valence-corrected chi connectivity index (χ3v) is 8.61. The van der Waals surface area contributed by atoms with Crippen molar-refractivity contribution in [1.29, 1.82) is 0 Å². The first-order valence-electron chi connectivity index (χ1n) is 13.1. The Labute approximate surface area is 227 Å². The zero-order valence-electron chi connectivity index (χ0n) is 21.3. The molecule has 2 saturated heterocycles. The van der Waals surface area contributed by atoms with Crippen molar-refractivity contribution in [2.75, 3.05) is 39.3 Å². The lowest BCUT2D eigenvalue weighted by Crippen LogP contribution is -2.59. The van der Waals surface area contributed by atoms with E-state index in [1.54, 1.807) is 23.4 Å². The minimum atomic E-state index is -1.35. The van der Waals surface area contributed by atoms with E-state index in [2.05, 4.69) is 39.5 Å². The lowest BCUT2D eigenvalue weighted by atomic mass is 9.94. The van der Waals surface area contributed by atoms with Crippen LogP contribution in [0.25, 0.3) is 0 Å². The molecule has 2 aliphatic heterocycles. The van der Waals surface area contributed by atoms with Crippen LogP contribution in [0.1, 0.15) is 30.0 Å². The van der Waals surface area contributed by atoms with Gasteiger partial charge in [0.2, 0.25) is 11.8 Å². The number of nitrogens with zero attached hydrogens (tertiary/aromatic N) is 4. The van der Waals surface area contributed by atoms with E-state index in [0.717, 1.165) is 6.42 Å². The second-order valence-corrected chi connectivity index (χ2v) is 11.2. The molecule has 38 heavy (non-hydrogen) atoms. The number of carbonyl (C=O) groups excluding carboxylic acids is 2. The highest BCUT2D eigenvalue weighted by atomic mass is 32.2. The molecule has 0 spiro atoms. The van der Waals surface area contributed by atoms with Crippen molar-refractivity contribution in [2.45, 2.75) is 29.8 Å². The largest absolute Gasteiger partial charge is 0.593 e. The molecule has 2 amide bonds. The Bertz CT molecular complexity index is 1160. The predicted octanol–water partition coefficient (Wildman–Crippen LogP) is 2.62. The quantitative estimate of drug-likeness (QED) is 0.427. The summed E-state index contributed by atoms with van der Waals surface area (Å²) in [6.45, 7) is 2.90. The lowest BCUT2D eigenvalue weighted by Gasteiger charge is -2.44. The summed E-state index contributed by atoms with van der Waals surface area (Å²) in [5.41, 5.74) is 2.33. The summed E-state index contributed by atoms with van der Waals surface area (Å²) >= 11 is -1.35. The van der Waals surface area contributed by atoms with Crippen LogP contribution in [0.15, 0.2) is 90.1 Å². The molecule has 3 aromatic rings. The van der Waals surface area contributed by atoms with Crippen LogP contribution in [0.2, 0.25) is 0 Å². The van der Waals surface area contributed by atoms with Crippen LogP contribution in [0, 0.1) is 0 Å². The van der Waals surface area contributed by atoms with Gasteiger partial charge in [-0.1, -0.05) is 60.7 Å². The van der Waals surface area contributed by atoms with Crippen LogP contribution >= 0.6 is 0 Å². The average molecular weight is 532 g/mol. The highest BCUT2D eigenvalue weighted by Crippen LogP contribution is 2.33. The number of carbonyl (C=O) groups is 2. The third-order valence-electron chi connectivity index (χ3n) is 7.16. The van der Waals surface area contributed by atoms with Crippen molar-refractivity contribution in [3.63, 3.8) is 0 Å². The van der Waals surface area contributed by atoms with E-state index in [9.17, 15) is 14.1 Å². The summed E-state index contributed by atoms with van der Waals surface area (Å²) in [6.07, 6.45) is 4.62. The van der Waals surface area contributed by atoms with Crippen molar-refractivity contribution in [2.24, 2.45) is 0 Å². The van der Waals surface area contributed by atoms with Crippen molar-refractivity contribution >= 4 is 23.2 Å². The van der Waals surface area contributed by atoms with Gasteiger partial charge in [-0.05, 0) is 29.7 Å². The van der Waals surface area contributed by atoms with Gasteiger partial charge in [-0.25, -0.2) is 0 Å². The fraction of sp³-hybridized carbons (Fsp3) is 0.345. The van der Waals surface area contributed by atoms with Gasteiger partial charge in [0, 0.05) is 38.3 Å². The molecule has 2 fully saturated rings.